The molecule has 1 aromatic carbocycles. The van der Waals surface area contributed by atoms with Gasteiger partial charge in [-0.1, -0.05) is 12.1 Å². The van der Waals surface area contributed by atoms with E-state index in [0.717, 1.165) is 18.4 Å². The van der Waals surface area contributed by atoms with Crippen LogP contribution in [0.15, 0.2) is 41.4 Å². The second kappa shape index (κ2) is 6.37. The molecule has 1 aliphatic rings. The Bertz CT molecular complexity index is 834. The molecular weight excluding hydrogens is 328 g/mol. The first kappa shape index (κ1) is 16.7. The number of nitrogens with two attached hydrogens (primary N) is 1. The van der Waals surface area contributed by atoms with E-state index in [-0.39, 0.29) is 10.8 Å². The lowest BCUT2D eigenvalue weighted by Gasteiger charge is -2.32. The molecule has 0 spiro atoms. The van der Waals surface area contributed by atoms with Crippen LogP contribution in [-0.2, 0) is 17.1 Å². The third kappa shape index (κ3) is 3.34. The smallest absolute Gasteiger partial charge is 0.272 e. The van der Waals surface area contributed by atoms with Crippen molar-refractivity contribution in [3.05, 3.63) is 47.8 Å². The number of benzene rings is 1. The predicted octanol–water partition coefficient (Wildman–Crippen LogP) is 1.09. The zero-order chi connectivity index (χ0) is 17.3. The molecule has 2 N–H and O–H groups in total. The number of nitrogens with zero attached hydrogens (tertiary/aromatic N) is 3. The molecule has 2 aromatic rings. The van der Waals surface area contributed by atoms with Gasteiger partial charge in [0.1, 0.15) is 5.69 Å². The van der Waals surface area contributed by atoms with Crippen LogP contribution in [0.3, 0.4) is 0 Å². The molecule has 0 atom stereocenters. The second-order valence-electron chi connectivity index (χ2n) is 6.02. The predicted molar refractivity (Wildman–Crippen MR) is 88.9 cm³/mol. The summed E-state index contributed by atoms with van der Waals surface area (Å²) < 4.78 is 24.2. The van der Waals surface area contributed by atoms with E-state index in [1.54, 1.807) is 24.0 Å². The quantitative estimate of drug-likeness (QED) is 0.897. The third-order valence-electron chi connectivity index (χ3n) is 4.50. The number of aryl methyl sites for hydroxylation is 1. The average molecular weight is 348 g/mol. The van der Waals surface area contributed by atoms with Crippen molar-refractivity contribution in [2.24, 2.45) is 12.2 Å². The number of carbonyl (C=O) groups excluding carboxylic acids is 1. The lowest BCUT2D eigenvalue weighted by molar-refractivity contribution is 0.0702. The van der Waals surface area contributed by atoms with Gasteiger partial charge in [0, 0.05) is 26.3 Å². The fourth-order valence-corrected chi connectivity index (χ4v) is 3.61. The molecular formula is C16H20N4O3S. The largest absolute Gasteiger partial charge is 0.337 e. The third-order valence-corrected chi connectivity index (χ3v) is 5.43. The minimum absolute atomic E-state index is 0.00183. The summed E-state index contributed by atoms with van der Waals surface area (Å²) in [5, 5.41) is 9.15. The number of hydrogen-bond acceptors (Lipinski definition) is 4. The van der Waals surface area contributed by atoms with Crippen molar-refractivity contribution in [1.82, 2.24) is 14.7 Å². The van der Waals surface area contributed by atoms with Crippen molar-refractivity contribution < 1.29 is 13.2 Å². The van der Waals surface area contributed by atoms with Gasteiger partial charge in [0.2, 0.25) is 10.0 Å². The number of primary sulfonamides is 1. The summed E-state index contributed by atoms with van der Waals surface area (Å²) in [6.07, 6.45) is 3.31. The first-order valence-corrected chi connectivity index (χ1v) is 9.31. The molecule has 1 aliphatic heterocycles. The van der Waals surface area contributed by atoms with E-state index in [9.17, 15) is 13.2 Å². The second-order valence-corrected chi connectivity index (χ2v) is 7.58. The van der Waals surface area contributed by atoms with Gasteiger partial charge in [-0.05, 0) is 42.5 Å². The van der Waals surface area contributed by atoms with Crippen molar-refractivity contribution in [2.75, 3.05) is 13.1 Å². The Balaban J connectivity index is 1.65. The van der Waals surface area contributed by atoms with Crippen LogP contribution in [-0.4, -0.2) is 42.1 Å². The van der Waals surface area contributed by atoms with Crippen LogP contribution in [0.5, 0.6) is 0 Å². The van der Waals surface area contributed by atoms with Gasteiger partial charge in [0.25, 0.3) is 5.91 Å². The molecule has 1 saturated heterocycles. The topological polar surface area (TPSA) is 98.3 Å². The summed E-state index contributed by atoms with van der Waals surface area (Å²) in [6.45, 7) is 1.34. The van der Waals surface area contributed by atoms with Crippen molar-refractivity contribution >= 4 is 15.9 Å². The summed E-state index contributed by atoms with van der Waals surface area (Å²) in [5.74, 6) is 0.313. The van der Waals surface area contributed by atoms with Gasteiger partial charge in [0.15, 0.2) is 0 Å². The number of sulfonamides is 1. The van der Waals surface area contributed by atoms with E-state index >= 15 is 0 Å². The Morgan fingerprint density at radius 1 is 1.17 bits per heavy atom. The molecule has 2 heterocycles. The summed E-state index contributed by atoms with van der Waals surface area (Å²) in [7, 11) is -1.90. The molecule has 24 heavy (non-hydrogen) atoms. The van der Waals surface area contributed by atoms with Gasteiger partial charge in [0.05, 0.1) is 4.90 Å². The molecule has 0 bridgehead atoms. The van der Waals surface area contributed by atoms with Crippen LogP contribution in [0.1, 0.15) is 34.8 Å². The van der Waals surface area contributed by atoms with Crippen LogP contribution < -0.4 is 5.14 Å². The Morgan fingerprint density at radius 3 is 2.29 bits per heavy atom. The zero-order valence-electron chi connectivity index (χ0n) is 13.4. The van der Waals surface area contributed by atoms with E-state index in [2.05, 4.69) is 5.10 Å². The molecule has 1 fully saturated rings. The maximum Gasteiger partial charge on any atom is 0.272 e. The van der Waals surface area contributed by atoms with Crippen LogP contribution in [0.2, 0.25) is 0 Å². The Morgan fingerprint density at radius 2 is 1.79 bits per heavy atom. The molecule has 128 valence electrons. The lowest BCUT2D eigenvalue weighted by atomic mass is 9.89. The highest BCUT2D eigenvalue weighted by atomic mass is 32.2. The van der Waals surface area contributed by atoms with Crippen molar-refractivity contribution in [3.63, 3.8) is 0 Å². The summed E-state index contributed by atoms with van der Waals surface area (Å²) in [6, 6.07) is 8.42. The minimum Gasteiger partial charge on any atom is -0.337 e. The van der Waals surface area contributed by atoms with Gasteiger partial charge >= 0.3 is 0 Å². The minimum atomic E-state index is -3.66. The van der Waals surface area contributed by atoms with Crippen LogP contribution >= 0.6 is 0 Å². The molecule has 0 radical (unpaired) electrons. The fourth-order valence-electron chi connectivity index (χ4n) is 3.09. The van der Waals surface area contributed by atoms with E-state index in [1.165, 1.54) is 12.1 Å². The summed E-state index contributed by atoms with van der Waals surface area (Å²) in [4.78, 5) is 14.4. The van der Waals surface area contributed by atoms with Gasteiger partial charge in [-0.3, -0.25) is 9.48 Å². The number of carbonyl (C=O) groups is 1. The van der Waals surface area contributed by atoms with Crippen LogP contribution in [0, 0.1) is 0 Å². The number of amides is 1. The highest BCUT2D eigenvalue weighted by molar-refractivity contribution is 7.89. The number of hydrogen-bond donors (Lipinski definition) is 1. The molecule has 3 rings (SSSR count). The normalized spacial score (nSPS) is 16.3. The monoisotopic (exact) mass is 348 g/mol. The van der Waals surface area contributed by atoms with E-state index < -0.39 is 10.0 Å². The van der Waals surface area contributed by atoms with Gasteiger partial charge < -0.3 is 4.90 Å². The molecule has 0 unspecified atom stereocenters. The maximum atomic E-state index is 12.5. The highest BCUT2D eigenvalue weighted by Crippen LogP contribution is 2.29. The number of aromatic nitrogens is 2. The molecule has 0 aliphatic carbocycles. The Kier molecular flexibility index (Phi) is 4.42. The van der Waals surface area contributed by atoms with Crippen molar-refractivity contribution in [1.29, 1.82) is 0 Å². The first-order chi connectivity index (χ1) is 11.4. The highest BCUT2D eigenvalue weighted by Gasteiger charge is 2.26. The van der Waals surface area contributed by atoms with Gasteiger partial charge in [-0.15, -0.1) is 0 Å². The summed E-state index contributed by atoms with van der Waals surface area (Å²) in [5.41, 5.74) is 1.67. The lowest BCUT2D eigenvalue weighted by Crippen LogP contribution is -2.38. The first-order valence-electron chi connectivity index (χ1n) is 7.76. The Hall–Kier alpha value is -2.19. The molecule has 8 heteroatoms. The molecule has 7 nitrogen and oxygen atoms in total. The molecule has 1 amide bonds. The number of piperidine rings is 1. The van der Waals surface area contributed by atoms with Crippen molar-refractivity contribution in [2.45, 2.75) is 23.7 Å². The van der Waals surface area contributed by atoms with Crippen LogP contribution in [0.4, 0.5) is 0 Å². The maximum absolute atomic E-state index is 12.5. The number of rotatable bonds is 3. The van der Waals surface area contributed by atoms with Crippen LogP contribution in [0.25, 0.3) is 0 Å². The zero-order valence-corrected chi connectivity index (χ0v) is 14.2. The SMILES string of the molecule is Cn1nccc1C(=O)N1CCC(c2ccc(S(N)(=O)=O)cc2)CC1. The fraction of sp³-hybridized carbons (Fsp3) is 0.375. The standard InChI is InChI=1S/C16H20N4O3S/c1-19-15(6-9-18-19)16(21)20-10-7-13(8-11-20)12-2-4-14(5-3-12)24(17,22)23/h2-6,9,13H,7-8,10-11H2,1H3,(H2,17,22,23). The van der Waals surface area contributed by atoms with E-state index in [4.69, 9.17) is 5.14 Å². The van der Waals surface area contributed by atoms with Crippen molar-refractivity contribution in [3.8, 4) is 0 Å². The van der Waals surface area contributed by atoms with E-state index in [0.29, 0.717) is 24.7 Å². The summed E-state index contributed by atoms with van der Waals surface area (Å²) >= 11 is 0. The average Bonchev–Trinajstić information content (AvgIpc) is 3.00. The number of likely N-dealkylation sites (tertiary alicyclic amines) is 1. The van der Waals surface area contributed by atoms with E-state index in [1.807, 2.05) is 17.0 Å². The molecule has 1 aromatic heterocycles. The van der Waals surface area contributed by atoms with Gasteiger partial charge in [-0.25, -0.2) is 13.6 Å². The van der Waals surface area contributed by atoms with Gasteiger partial charge in [-0.2, -0.15) is 5.10 Å². The molecule has 0 saturated carbocycles. The Labute approximate surface area is 141 Å².